The molecule has 1 aromatic heterocycles. The third-order valence-corrected chi connectivity index (χ3v) is 4.09. The van der Waals surface area contributed by atoms with E-state index < -0.39 is 4.92 Å². The van der Waals surface area contributed by atoms with E-state index in [4.69, 9.17) is 11.5 Å². The average molecular weight is 328 g/mol. The number of hydrogen-bond donors (Lipinski definition) is 3. The number of aromatic nitrogens is 1. The Balaban J connectivity index is 1.88. The number of nitrogens with zero attached hydrogens (tertiary/aromatic N) is 3. The SMILES string of the molecule is Nc1ccc(Nc2nc(N3CCC(N)CC3)ccc2[N+](=O)[O-])cc1. The molecule has 126 valence electrons. The van der Waals surface area contributed by atoms with Gasteiger partial charge in [0.2, 0.25) is 5.82 Å². The quantitative estimate of drug-likeness (QED) is 0.446. The third-order valence-electron chi connectivity index (χ3n) is 4.09. The van der Waals surface area contributed by atoms with E-state index in [0.29, 0.717) is 17.2 Å². The molecule has 0 saturated carbocycles. The van der Waals surface area contributed by atoms with Gasteiger partial charge in [0.15, 0.2) is 0 Å². The minimum atomic E-state index is -0.442. The standard InChI is InChI=1S/C16H20N6O2/c17-11-1-3-13(4-2-11)19-16-14(22(23)24)5-6-15(20-16)21-9-7-12(18)8-10-21/h1-6,12H,7-10,17-18H2,(H,19,20). The van der Waals surface area contributed by atoms with Gasteiger partial charge in [0.1, 0.15) is 5.82 Å². The monoisotopic (exact) mass is 328 g/mol. The van der Waals surface area contributed by atoms with Crippen molar-refractivity contribution in [3.8, 4) is 0 Å². The summed E-state index contributed by atoms with van der Waals surface area (Å²) in [7, 11) is 0. The van der Waals surface area contributed by atoms with Crippen LogP contribution in [0.5, 0.6) is 0 Å². The summed E-state index contributed by atoms with van der Waals surface area (Å²) in [5, 5.41) is 14.3. The largest absolute Gasteiger partial charge is 0.399 e. The second-order valence-corrected chi connectivity index (χ2v) is 5.87. The first-order chi connectivity index (χ1) is 11.5. The molecule has 5 N–H and O–H groups in total. The molecular formula is C16H20N6O2. The number of rotatable bonds is 4. The number of nitro groups is 1. The first kappa shape index (κ1) is 16.0. The minimum absolute atomic E-state index is 0.0655. The van der Waals surface area contributed by atoms with Gasteiger partial charge in [-0.1, -0.05) is 0 Å². The maximum atomic E-state index is 11.3. The van der Waals surface area contributed by atoms with E-state index in [9.17, 15) is 10.1 Å². The Bertz CT molecular complexity index is 726. The van der Waals surface area contributed by atoms with Crippen LogP contribution < -0.4 is 21.7 Å². The highest BCUT2D eigenvalue weighted by atomic mass is 16.6. The van der Waals surface area contributed by atoms with Crippen LogP contribution in [-0.4, -0.2) is 29.0 Å². The van der Waals surface area contributed by atoms with Crippen LogP contribution in [0.1, 0.15) is 12.8 Å². The average Bonchev–Trinajstić information content (AvgIpc) is 2.57. The van der Waals surface area contributed by atoms with E-state index in [1.807, 2.05) is 0 Å². The molecule has 0 aliphatic carbocycles. The third kappa shape index (κ3) is 3.54. The molecule has 0 atom stereocenters. The lowest BCUT2D eigenvalue weighted by atomic mass is 10.1. The highest BCUT2D eigenvalue weighted by Gasteiger charge is 2.21. The predicted molar refractivity (Wildman–Crippen MR) is 94.5 cm³/mol. The fourth-order valence-corrected chi connectivity index (χ4v) is 2.69. The van der Waals surface area contributed by atoms with Gasteiger partial charge in [-0.25, -0.2) is 4.98 Å². The first-order valence-corrected chi connectivity index (χ1v) is 7.81. The van der Waals surface area contributed by atoms with Crippen molar-refractivity contribution >= 4 is 28.7 Å². The van der Waals surface area contributed by atoms with Crippen LogP contribution in [0.3, 0.4) is 0 Å². The van der Waals surface area contributed by atoms with E-state index in [0.717, 1.165) is 25.9 Å². The Labute approximate surface area is 139 Å². The van der Waals surface area contributed by atoms with Gasteiger partial charge in [-0.05, 0) is 43.2 Å². The zero-order valence-corrected chi connectivity index (χ0v) is 13.2. The van der Waals surface area contributed by atoms with E-state index in [2.05, 4.69) is 15.2 Å². The Kier molecular flexibility index (Phi) is 4.48. The van der Waals surface area contributed by atoms with Crippen molar-refractivity contribution in [2.24, 2.45) is 5.73 Å². The van der Waals surface area contributed by atoms with Gasteiger partial charge in [-0.2, -0.15) is 0 Å². The Morgan fingerprint density at radius 2 is 1.83 bits per heavy atom. The summed E-state index contributed by atoms with van der Waals surface area (Å²) in [6, 6.07) is 10.3. The number of nitrogens with one attached hydrogen (secondary N) is 1. The molecule has 0 unspecified atom stereocenters. The summed E-state index contributed by atoms with van der Waals surface area (Å²) < 4.78 is 0. The van der Waals surface area contributed by atoms with Crippen LogP contribution in [0.15, 0.2) is 36.4 Å². The molecule has 1 aliphatic rings. The molecule has 8 heteroatoms. The van der Waals surface area contributed by atoms with Gasteiger partial charge in [-0.3, -0.25) is 10.1 Å². The van der Waals surface area contributed by atoms with Crippen molar-refractivity contribution in [3.05, 3.63) is 46.5 Å². The number of benzene rings is 1. The molecule has 24 heavy (non-hydrogen) atoms. The molecule has 0 spiro atoms. The van der Waals surface area contributed by atoms with Crippen molar-refractivity contribution in [2.75, 3.05) is 29.0 Å². The van der Waals surface area contributed by atoms with Gasteiger partial charge in [0.25, 0.3) is 0 Å². The fourth-order valence-electron chi connectivity index (χ4n) is 2.69. The Hall–Kier alpha value is -2.87. The van der Waals surface area contributed by atoms with Crippen LogP contribution in [0.25, 0.3) is 0 Å². The number of piperidine rings is 1. The summed E-state index contributed by atoms with van der Waals surface area (Å²) in [5.41, 5.74) is 12.8. The number of pyridine rings is 1. The fraction of sp³-hybridized carbons (Fsp3) is 0.312. The molecule has 3 rings (SSSR count). The lowest BCUT2D eigenvalue weighted by Gasteiger charge is -2.31. The molecule has 0 amide bonds. The van der Waals surface area contributed by atoms with Crippen molar-refractivity contribution in [1.82, 2.24) is 4.98 Å². The Morgan fingerprint density at radius 3 is 2.46 bits per heavy atom. The lowest BCUT2D eigenvalue weighted by Crippen LogP contribution is -2.40. The molecule has 1 aromatic carbocycles. The van der Waals surface area contributed by atoms with Crippen LogP contribution in [-0.2, 0) is 0 Å². The van der Waals surface area contributed by atoms with Crippen LogP contribution in [0, 0.1) is 10.1 Å². The van der Waals surface area contributed by atoms with Crippen molar-refractivity contribution in [1.29, 1.82) is 0 Å². The highest BCUT2D eigenvalue weighted by Crippen LogP contribution is 2.29. The summed E-state index contributed by atoms with van der Waals surface area (Å²) in [6.07, 6.45) is 1.78. The smallest absolute Gasteiger partial charge is 0.311 e. The summed E-state index contributed by atoms with van der Waals surface area (Å²) in [6.45, 7) is 1.60. The highest BCUT2D eigenvalue weighted by molar-refractivity contribution is 5.68. The van der Waals surface area contributed by atoms with Gasteiger partial charge >= 0.3 is 5.69 Å². The lowest BCUT2D eigenvalue weighted by molar-refractivity contribution is -0.384. The molecule has 1 aliphatic heterocycles. The van der Waals surface area contributed by atoms with Gasteiger partial charge in [0, 0.05) is 36.6 Å². The second-order valence-electron chi connectivity index (χ2n) is 5.87. The Morgan fingerprint density at radius 1 is 1.17 bits per heavy atom. The molecule has 8 nitrogen and oxygen atoms in total. The predicted octanol–water partition coefficient (Wildman–Crippen LogP) is 2.24. The van der Waals surface area contributed by atoms with Gasteiger partial charge in [0.05, 0.1) is 4.92 Å². The number of nitrogen functional groups attached to an aromatic ring is 1. The van der Waals surface area contributed by atoms with Crippen molar-refractivity contribution in [2.45, 2.75) is 18.9 Å². The van der Waals surface area contributed by atoms with Gasteiger partial charge in [-0.15, -0.1) is 0 Å². The normalized spacial score (nSPS) is 15.3. The van der Waals surface area contributed by atoms with E-state index >= 15 is 0 Å². The minimum Gasteiger partial charge on any atom is -0.399 e. The van der Waals surface area contributed by atoms with E-state index in [1.54, 1.807) is 30.3 Å². The van der Waals surface area contributed by atoms with Crippen molar-refractivity contribution in [3.63, 3.8) is 0 Å². The summed E-state index contributed by atoms with van der Waals surface area (Å²) >= 11 is 0. The molecule has 2 aromatic rings. The zero-order chi connectivity index (χ0) is 17.1. The molecule has 0 radical (unpaired) electrons. The first-order valence-electron chi connectivity index (χ1n) is 7.81. The zero-order valence-electron chi connectivity index (χ0n) is 13.2. The molecule has 2 heterocycles. The number of hydrogen-bond acceptors (Lipinski definition) is 7. The van der Waals surface area contributed by atoms with Crippen LogP contribution in [0.4, 0.5) is 28.7 Å². The van der Waals surface area contributed by atoms with Crippen LogP contribution in [0.2, 0.25) is 0 Å². The van der Waals surface area contributed by atoms with Crippen molar-refractivity contribution < 1.29 is 4.92 Å². The molecule has 1 fully saturated rings. The van der Waals surface area contributed by atoms with E-state index in [1.165, 1.54) is 6.07 Å². The summed E-state index contributed by atoms with van der Waals surface area (Å²) in [5.74, 6) is 0.933. The number of nitrogens with two attached hydrogens (primary N) is 2. The van der Waals surface area contributed by atoms with Gasteiger partial charge < -0.3 is 21.7 Å². The topological polar surface area (TPSA) is 123 Å². The molecule has 1 saturated heterocycles. The maximum Gasteiger partial charge on any atom is 0.311 e. The number of anilines is 4. The second kappa shape index (κ2) is 6.71. The maximum absolute atomic E-state index is 11.3. The molecule has 0 bridgehead atoms. The molecular weight excluding hydrogens is 308 g/mol. The van der Waals surface area contributed by atoms with E-state index in [-0.39, 0.29) is 17.5 Å². The van der Waals surface area contributed by atoms with Crippen LogP contribution >= 0.6 is 0 Å². The summed E-state index contributed by atoms with van der Waals surface area (Å²) in [4.78, 5) is 17.4.